The largest absolute Gasteiger partial charge is 0.269 e. The van der Waals surface area contributed by atoms with Crippen LogP contribution in [-0.2, 0) is 0 Å². The SMILES string of the molecule is [CH2]C(c1ccc([N+](=O)[O-])cc1)[Si](C)(C)C. The minimum Gasteiger partial charge on any atom is -0.258 e. The lowest BCUT2D eigenvalue weighted by atomic mass is 10.1. The molecule has 0 aromatic heterocycles. The van der Waals surface area contributed by atoms with Gasteiger partial charge in [-0.05, 0) is 18.0 Å². The average Bonchev–Trinajstić information content (AvgIpc) is 2.15. The topological polar surface area (TPSA) is 43.1 Å². The van der Waals surface area contributed by atoms with Crippen molar-refractivity contribution in [2.24, 2.45) is 0 Å². The number of nitro benzene ring substituents is 1. The Morgan fingerprint density at radius 1 is 1.27 bits per heavy atom. The summed E-state index contributed by atoms with van der Waals surface area (Å²) in [6.07, 6.45) is 0. The number of nitrogens with zero attached hydrogens (tertiary/aromatic N) is 1. The maximum Gasteiger partial charge on any atom is 0.269 e. The van der Waals surface area contributed by atoms with Crippen molar-refractivity contribution in [3.8, 4) is 0 Å². The van der Waals surface area contributed by atoms with E-state index in [1.807, 2.05) is 12.1 Å². The van der Waals surface area contributed by atoms with Crippen LogP contribution in [0.15, 0.2) is 24.3 Å². The summed E-state index contributed by atoms with van der Waals surface area (Å²) < 4.78 is 0. The summed E-state index contributed by atoms with van der Waals surface area (Å²) in [6, 6.07) is 6.73. The van der Waals surface area contributed by atoms with Gasteiger partial charge in [-0.3, -0.25) is 10.1 Å². The standard InChI is InChI=1S/C11H16NO2Si/c1-9(15(2,3)4)10-5-7-11(8-6-10)12(13)14/h5-9H,1H2,2-4H3. The molecule has 0 aliphatic rings. The molecule has 1 atom stereocenters. The van der Waals surface area contributed by atoms with Gasteiger partial charge in [0.05, 0.1) is 13.0 Å². The molecular weight excluding hydrogens is 206 g/mol. The van der Waals surface area contributed by atoms with E-state index in [0.29, 0.717) is 0 Å². The van der Waals surface area contributed by atoms with E-state index in [4.69, 9.17) is 0 Å². The molecule has 0 bridgehead atoms. The van der Waals surface area contributed by atoms with Crippen LogP contribution in [0.3, 0.4) is 0 Å². The van der Waals surface area contributed by atoms with Crippen molar-refractivity contribution >= 4 is 13.8 Å². The molecule has 0 spiro atoms. The normalized spacial score (nSPS) is 13.6. The lowest BCUT2D eigenvalue weighted by Crippen LogP contribution is -2.28. The summed E-state index contributed by atoms with van der Waals surface area (Å²) in [6.45, 7) is 10.9. The van der Waals surface area contributed by atoms with Crippen LogP contribution in [0.5, 0.6) is 0 Å². The van der Waals surface area contributed by atoms with Crippen molar-refractivity contribution in [2.75, 3.05) is 0 Å². The number of benzene rings is 1. The van der Waals surface area contributed by atoms with Crippen LogP contribution in [0.1, 0.15) is 11.1 Å². The van der Waals surface area contributed by atoms with E-state index in [1.165, 1.54) is 0 Å². The molecule has 1 rings (SSSR count). The summed E-state index contributed by atoms with van der Waals surface area (Å²) >= 11 is 0. The molecule has 0 saturated heterocycles. The number of hydrogen-bond donors (Lipinski definition) is 0. The first-order chi connectivity index (χ1) is 6.82. The fourth-order valence-electron chi connectivity index (χ4n) is 1.33. The Morgan fingerprint density at radius 2 is 1.73 bits per heavy atom. The zero-order chi connectivity index (χ0) is 11.6. The molecule has 0 amide bonds. The van der Waals surface area contributed by atoms with E-state index in [2.05, 4.69) is 26.6 Å². The summed E-state index contributed by atoms with van der Waals surface area (Å²) in [4.78, 5) is 10.1. The molecular formula is C11H16NO2Si. The molecule has 1 aromatic rings. The fraction of sp³-hybridized carbons (Fsp3) is 0.364. The third kappa shape index (κ3) is 2.89. The Hall–Kier alpha value is -1.16. The zero-order valence-electron chi connectivity index (χ0n) is 9.36. The molecule has 1 unspecified atom stereocenters. The van der Waals surface area contributed by atoms with Gasteiger partial charge in [-0.1, -0.05) is 31.8 Å². The molecule has 15 heavy (non-hydrogen) atoms. The predicted octanol–water partition coefficient (Wildman–Crippen LogP) is 3.39. The minimum atomic E-state index is -1.33. The van der Waals surface area contributed by atoms with Crippen molar-refractivity contribution in [2.45, 2.75) is 25.2 Å². The monoisotopic (exact) mass is 222 g/mol. The number of non-ortho nitro benzene ring substituents is 1. The molecule has 0 aliphatic carbocycles. The van der Waals surface area contributed by atoms with Gasteiger partial charge in [-0.15, -0.1) is 0 Å². The van der Waals surface area contributed by atoms with Gasteiger partial charge in [0.15, 0.2) is 0 Å². The Labute approximate surface area is 91.3 Å². The highest BCUT2D eigenvalue weighted by Gasteiger charge is 2.24. The summed E-state index contributed by atoms with van der Waals surface area (Å²) in [5.74, 6) is 0. The molecule has 4 heteroatoms. The third-order valence-corrected chi connectivity index (χ3v) is 4.98. The number of hydrogen-bond acceptors (Lipinski definition) is 2. The van der Waals surface area contributed by atoms with Gasteiger partial charge in [-0.25, -0.2) is 0 Å². The van der Waals surface area contributed by atoms with Gasteiger partial charge < -0.3 is 0 Å². The molecule has 0 fully saturated rings. The second-order valence-corrected chi connectivity index (χ2v) is 10.2. The van der Waals surface area contributed by atoms with Crippen LogP contribution < -0.4 is 0 Å². The summed E-state index contributed by atoms with van der Waals surface area (Å²) in [5, 5.41) is 10.5. The predicted molar refractivity (Wildman–Crippen MR) is 64.5 cm³/mol. The van der Waals surface area contributed by atoms with Crippen LogP contribution in [0.4, 0.5) is 5.69 Å². The van der Waals surface area contributed by atoms with Gasteiger partial charge >= 0.3 is 0 Å². The molecule has 1 aromatic carbocycles. The highest BCUT2D eigenvalue weighted by atomic mass is 28.3. The third-order valence-electron chi connectivity index (χ3n) is 2.55. The van der Waals surface area contributed by atoms with Crippen molar-refractivity contribution < 1.29 is 4.92 Å². The number of nitro groups is 1. The van der Waals surface area contributed by atoms with Crippen LogP contribution >= 0.6 is 0 Å². The maximum absolute atomic E-state index is 10.5. The van der Waals surface area contributed by atoms with E-state index in [-0.39, 0.29) is 16.2 Å². The Kier molecular flexibility index (Phi) is 3.29. The van der Waals surface area contributed by atoms with Gasteiger partial charge in [0.1, 0.15) is 0 Å². The van der Waals surface area contributed by atoms with E-state index in [0.717, 1.165) is 5.56 Å². The lowest BCUT2D eigenvalue weighted by molar-refractivity contribution is -0.384. The number of rotatable bonds is 3. The summed E-state index contributed by atoms with van der Waals surface area (Å²) in [5.41, 5.74) is 1.51. The van der Waals surface area contributed by atoms with E-state index in [1.54, 1.807) is 12.1 Å². The highest BCUT2D eigenvalue weighted by molar-refractivity contribution is 6.77. The molecule has 0 aliphatic heterocycles. The smallest absolute Gasteiger partial charge is 0.258 e. The summed E-state index contributed by atoms with van der Waals surface area (Å²) in [7, 11) is -1.33. The van der Waals surface area contributed by atoms with Crippen LogP contribution in [0.25, 0.3) is 0 Å². The van der Waals surface area contributed by atoms with Crippen LogP contribution in [-0.4, -0.2) is 13.0 Å². The Balaban J connectivity index is 2.94. The first-order valence-electron chi connectivity index (χ1n) is 4.90. The second kappa shape index (κ2) is 4.14. The average molecular weight is 222 g/mol. The van der Waals surface area contributed by atoms with Gasteiger partial charge in [0.25, 0.3) is 5.69 Å². The fourth-order valence-corrected chi connectivity index (χ4v) is 2.52. The van der Waals surface area contributed by atoms with Crippen LogP contribution in [0.2, 0.25) is 19.6 Å². The molecule has 1 radical (unpaired) electrons. The van der Waals surface area contributed by atoms with E-state index < -0.39 is 8.07 Å². The van der Waals surface area contributed by atoms with E-state index in [9.17, 15) is 10.1 Å². The van der Waals surface area contributed by atoms with Crippen molar-refractivity contribution in [1.29, 1.82) is 0 Å². The van der Waals surface area contributed by atoms with Gasteiger partial charge in [-0.2, -0.15) is 0 Å². The maximum atomic E-state index is 10.5. The van der Waals surface area contributed by atoms with Crippen molar-refractivity contribution in [3.05, 3.63) is 46.9 Å². The van der Waals surface area contributed by atoms with Crippen LogP contribution in [0, 0.1) is 17.0 Å². The Morgan fingerprint density at radius 3 is 2.07 bits per heavy atom. The molecule has 3 nitrogen and oxygen atoms in total. The molecule has 0 saturated carbocycles. The van der Waals surface area contributed by atoms with Crippen molar-refractivity contribution in [3.63, 3.8) is 0 Å². The minimum absolute atomic E-state index is 0.140. The highest BCUT2D eigenvalue weighted by Crippen LogP contribution is 2.27. The first-order valence-corrected chi connectivity index (χ1v) is 8.47. The lowest BCUT2D eigenvalue weighted by Gasteiger charge is -2.25. The quantitative estimate of drug-likeness (QED) is 0.447. The second-order valence-electron chi connectivity index (χ2n) is 4.77. The first kappa shape index (κ1) is 11.9. The van der Waals surface area contributed by atoms with E-state index >= 15 is 0 Å². The molecule has 81 valence electrons. The van der Waals surface area contributed by atoms with Gasteiger partial charge in [0, 0.05) is 12.1 Å². The molecule has 0 heterocycles. The molecule has 0 N–H and O–H groups in total. The van der Waals surface area contributed by atoms with Gasteiger partial charge in [0.2, 0.25) is 0 Å². The zero-order valence-corrected chi connectivity index (χ0v) is 10.4. The Bertz CT molecular complexity index is 354. The van der Waals surface area contributed by atoms with Crippen molar-refractivity contribution in [1.82, 2.24) is 0 Å².